The molecule has 21 heavy (non-hydrogen) atoms. The first-order valence-corrected chi connectivity index (χ1v) is 7.64. The van der Waals surface area contributed by atoms with Crippen molar-refractivity contribution < 1.29 is 4.74 Å². The minimum absolute atomic E-state index is 0.118. The molecule has 1 aromatic carbocycles. The molecular formula is C16H19N3O2. The molecule has 0 spiro atoms. The molecule has 0 bridgehead atoms. The van der Waals surface area contributed by atoms with Gasteiger partial charge >= 0.3 is 0 Å². The van der Waals surface area contributed by atoms with Crippen LogP contribution in [0.4, 0.5) is 0 Å². The topological polar surface area (TPSA) is 58.2 Å². The molecule has 5 nitrogen and oxygen atoms in total. The molecule has 5 heteroatoms. The molecule has 110 valence electrons. The summed E-state index contributed by atoms with van der Waals surface area (Å²) in [6.07, 6.45) is 5.51. The predicted octanol–water partition coefficient (Wildman–Crippen LogP) is 1.79. The molecule has 1 saturated carbocycles. The number of H-pyrrole nitrogens is 1. The van der Waals surface area contributed by atoms with Gasteiger partial charge in [0.1, 0.15) is 11.9 Å². The summed E-state index contributed by atoms with van der Waals surface area (Å²) in [6, 6.07) is 5.54. The van der Waals surface area contributed by atoms with Crippen LogP contribution in [0.15, 0.2) is 29.3 Å². The number of nitrogens with one attached hydrogen (secondary N) is 1. The first-order chi connectivity index (χ1) is 10.3. The zero-order valence-corrected chi connectivity index (χ0v) is 11.9. The standard InChI is InChI=1S/C16H19N3O2/c20-16-14-7-12(3-4-15(14)17-10-18-16)21-13-5-6-19(9-13)8-11-1-2-11/h3-4,7,10-11,13H,1-2,5-6,8-9H2,(H,17,18,20)/t13-/m0/s1. The smallest absolute Gasteiger partial charge is 0.258 e. The maximum Gasteiger partial charge on any atom is 0.258 e. The van der Waals surface area contributed by atoms with Crippen LogP contribution in [-0.4, -0.2) is 40.6 Å². The fourth-order valence-corrected chi connectivity index (χ4v) is 3.04. The van der Waals surface area contributed by atoms with E-state index in [4.69, 9.17) is 4.74 Å². The predicted molar refractivity (Wildman–Crippen MR) is 80.6 cm³/mol. The summed E-state index contributed by atoms with van der Waals surface area (Å²) < 4.78 is 6.05. The van der Waals surface area contributed by atoms with Crippen LogP contribution in [0.1, 0.15) is 19.3 Å². The molecule has 2 heterocycles. The van der Waals surface area contributed by atoms with Crippen molar-refractivity contribution >= 4 is 10.9 Å². The summed E-state index contributed by atoms with van der Waals surface area (Å²) >= 11 is 0. The number of aromatic amines is 1. The third-order valence-electron chi connectivity index (χ3n) is 4.36. The number of hydrogen-bond acceptors (Lipinski definition) is 4. The Bertz CT molecular complexity index is 708. The third-order valence-corrected chi connectivity index (χ3v) is 4.36. The fraction of sp³-hybridized carbons (Fsp3) is 0.500. The van der Waals surface area contributed by atoms with Gasteiger partial charge in [0.15, 0.2) is 0 Å². The van der Waals surface area contributed by atoms with Crippen LogP contribution in [0.3, 0.4) is 0 Å². The Kier molecular flexibility index (Phi) is 3.15. The van der Waals surface area contributed by atoms with E-state index in [0.717, 1.165) is 31.2 Å². The molecule has 1 N–H and O–H groups in total. The molecule has 2 aromatic rings. The van der Waals surface area contributed by atoms with E-state index in [1.54, 1.807) is 6.07 Å². The van der Waals surface area contributed by atoms with Gasteiger partial charge in [-0.05, 0) is 43.4 Å². The van der Waals surface area contributed by atoms with Gasteiger partial charge in [0, 0.05) is 19.6 Å². The van der Waals surface area contributed by atoms with Crippen molar-refractivity contribution in [2.75, 3.05) is 19.6 Å². The van der Waals surface area contributed by atoms with Crippen molar-refractivity contribution in [3.8, 4) is 5.75 Å². The molecule has 0 unspecified atom stereocenters. The molecule has 1 aromatic heterocycles. The summed E-state index contributed by atoms with van der Waals surface area (Å²) in [6.45, 7) is 3.34. The van der Waals surface area contributed by atoms with Crippen LogP contribution < -0.4 is 10.3 Å². The monoisotopic (exact) mass is 285 g/mol. The molecule has 1 aliphatic heterocycles. The molecule has 0 amide bonds. The largest absolute Gasteiger partial charge is 0.489 e. The number of nitrogens with zero attached hydrogens (tertiary/aromatic N) is 2. The van der Waals surface area contributed by atoms with Gasteiger partial charge in [0.05, 0.1) is 17.2 Å². The Labute approximate surface area is 122 Å². The van der Waals surface area contributed by atoms with Gasteiger partial charge < -0.3 is 9.72 Å². The molecule has 1 aliphatic carbocycles. The number of fused-ring (bicyclic) bond motifs is 1. The molecular weight excluding hydrogens is 266 g/mol. The van der Waals surface area contributed by atoms with Gasteiger partial charge in [-0.3, -0.25) is 9.69 Å². The van der Waals surface area contributed by atoms with Crippen LogP contribution in [0.5, 0.6) is 5.75 Å². The average molecular weight is 285 g/mol. The summed E-state index contributed by atoms with van der Waals surface area (Å²) in [4.78, 5) is 21.0. The second-order valence-corrected chi connectivity index (χ2v) is 6.14. The summed E-state index contributed by atoms with van der Waals surface area (Å²) in [5.74, 6) is 1.69. The number of likely N-dealkylation sites (tertiary alicyclic amines) is 1. The average Bonchev–Trinajstić information content (AvgIpc) is 3.19. The lowest BCUT2D eigenvalue weighted by Crippen LogP contribution is -2.26. The lowest BCUT2D eigenvalue weighted by atomic mass is 10.2. The maximum atomic E-state index is 11.8. The van der Waals surface area contributed by atoms with E-state index in [1.807, 2.05) is 12.1 Å². The number of benzene rings is 1. The second-order valence-electron chi connectivity index (χ2n) is 6.14. The van der Waals surface area contributed by atoms with E-state index in [9.17, 15) is 4.79 Å². The summed E-state index contributed by atoms with van der Waals surface area (Å²) in [5, 5.41) is 0.586. The molecule has 0 radical (unpaired) electrons. The van der Waals surface area contributed by atoms with E-state index >= 15 is 0 Å². The van der Waals surface area contributed by atoms with Crippen molar-refractivity contribution in [3.05, 3.63) is 34.9 Å². The van der Waals surface area contributed by atoms with Crippen LogP contribution in [-0.2, 0) is 0 Å². The Morgan fingerprint density at radius 1 is 1.33 bits per heavy atom. The van der Waals surface area contributed by atoms with Gasteiger partial charge in [0.25, 0.3) is 5.56 Å². The van der Waals surface area contributed by atoms with Gasteiger partial charge in [-0.1, -0.05) is 0 Å². The quantitative estimate of drug-likeness (QED) is 0.930. The maximum absolute atomic E-state index is 11.8. The van der Waals surface area contributed by atoms with Crippen LogP contribution in [0.2, 0.25) is 0 Å². The van der Waals surface area contributed by atoms with Gasteiger partial charge in [-0.25, -0.2) is 4.98 Å². The Morgan fingerprint density at radius 2 is 2.24 bits per heavy atom. The normalized spacial score (nSPS) is 22.8. The van der Waals surface area contributed by atoms with Crippen molar-refractivity contribution in [1.82, 2.24) is 14.9 Å². The van der Waals surface area contributed by atoms with Crippen molar-refractivity contribution in [2.45, 2.75) is 25.4 Å². The van der Waals surface area contributed by atoms with Crippen LogP contribution >= 0.6 is 0 Å². The lowest BCUT2D eigenvalue weighted by molar-refractivity contribution is 0.198. The van der Waals surface area contributed by atoms with E-state index in [1.165, 1.54) is 25.7 Å². The SMILES string of the molecule is O=c1[nH]cnc2ccc(O[C@H]3CCN(CC4CC4)C3)cc12. The van der Waals surface area contributed by atoms with Crippen LogP contribution in [0.25, 0.3) is 10.9 Å². The van der Waals surface area contributed by atoms with Gasteiger partial charge in [0.2, 0.25) is 0 Å². The highest BCUT2D eigenvalue weighted by atomic mass is 16.5. The zero-order chi connectivity index (χ0) is 14.2. The van der Waals surface area contributed by atoms with E-state index in [-0.39, 0.29) is 11.7 Å². The Balaban J connectivity index is 1.47. The van der Waals surface area contributed by atoms with E-state index < -0.39 is 0 Å². The molecule has 1 atom stereocenters. The van der Waals surface area contributed by atoms with Crippen molar-refractivity contribution in [3.63, 3.8) is 0 Å². The van der Waals surface area contributed by atoms with Crippen LogP contribution in [0, 0.1) is 5.92 Å². The molecule has 2 fully saturated rings. The number of ether oxygens (including phenoxy) is 1. The fourth-order valence-electron chi connectivity index (χ4n) is 3.04. The highest BCUT2D eigenvalue weighted by Gasteiger charge is 2.30. The second kappa shape index (κ2) is 5.15. The first-order valence-electron chi connectivity index (χ1n) is 7.64. The highest BCUT2D eigenvalue weighted by molar-refractivity contribution is 5.78. The first kappa shape index (κ1) is 12.8. The lowest BCUT2D eigenvalue weighted by Gasteiger charge is -2.16. The van der Waals surface area contributed by atoms with Gasteiger partial charge in [-0.15, -0.1) is 0 Å². The van der Waals surface area contributed by atoms with E-state index in [2.05, 4.69) is 14.9 Å². The zero-order valence-electron chi connectivity index (χ0n) is 11.9. The van der Waals surface area contributed by atoms with Crippen molar-refractivity contribution in [1.29, 1.82) is 0 Å². The molecule has 1 saturated heterocycles. The number of hydrogen-bond donors (Lipinski definition) is 1. The number of rotatable bonds is 4. The number of aromatic nitrogens is 2. The Hall–Kier alpha value is -1.88. The molecule has 2 aliphatic rings. The summed E-state index contributed by atoms with van der Waals surface area (Å²) in [5.41, 5.74) is 0.583. The molecule has 4 rings (SSSR count). The third kappa shape index (κ3) is 2.78. The Morgan fingerprint density at radius 3 is 3.10 bits per heavy atom. The van der Waals surface area contributed by atoms with E-state index in [0.29, 0.717) is 10.9 Å². The van der Waals surface area contributed by atoms with Crippen molar-refractivity contribution in [2.24, 2.45) is 5.92 Å². The summed E-state index contributed by atoms with van der Waals surface area (Å²) in [7, 11) is 0. The highest BCUT2D eigenvalue weighted by Crippen LogP contribution is 2.31. The minimum atomic E-state index is -0.118. The van der Waals surface area contributed by atoms with Gasteiger partial charge in [-0.2, -0.15) is 0 Å². The minimum Gasteiger partial charge on any atom is -0.489 e.